The number of aliphatic hydroxyl groups is 1. The molecule has 0 spiro atoms. The smallest absolute Gasteiger partial charge is 0.193 e. The average Bonchev–Trinajstić information content (AvgIpc) is 2.09. The maximum absolute atomic E-state index is 10.9. The summed E-state index contributed by atoms with van der Waals surface area (Å²) in [5, 5.41) is 9.34. The van der Waals surface area contributed by atoms with Crippen LogP contribution in [0.5, 0.6) is 0 Å². The minimum atomic E-state index is -1.43. The normalized spacial score (nSPS) is 32.1. The third-order valence-electron chi connectivity index (χ3n) is 1.55. The second kappa shape index (κ2) is 1.95. The fourth-order valence-electron chi connectivity index (χ4n) is 0.915. The van der Waals surface area contributed by atoms with Gasteiger partial charge < -0.3 is 10.8 Å². The number of nitrogens with two attached hydrogens (primary N) is 1. The molecule has 0 amide bonds. The van der Waals surface area contributed by atoms with E-state index in [9.17, 15) is 9.90 Å². The summed E-state index contributed by atoms with van der Waals surface area (Å²) >= 11 is 0. The molecule has 0 aromatic rings. The van der Waals surface area contributed by atoms with Crippen LogP contribution in [0.15, 0.2) is 24.4 Å². The Morgan fingerprint density at radius 1 is 1.90 bits per heavy atom. The zero-order valence-electron chi connectivity index (χ0n) is 5.50. The Bertz CT molecular complexity index is 220. The maximum atomic E-state index is 10.9. The molecule has 0 radical (unpaired) electrons. The van der Waals surface area contributed by atoms with Crippen molar-refractivity contribution in [3.8, 4) is 0 Å². The highest BCUT2D eigenvalue weighted by atomic mass is 16.3. The van der Waals surface area contributed by atoms with Crippen molar-refractivity contribution in [2.75, 3.05) is 0 Å². The summed E-state index contributed by atoms with van der Waals surface area (Å²) in [6.45, 7) is 3.34. The second-order valence-electron chi connectivity index (χ2n) is 2.39. The number of hydrogen-bond acceptors (Lipinski definition) is 3. The summed E-state index contributed by atoms with van der Waals surface area (Å²) in [6.07, 6.45) is 2.63. The minimum Gasteiger partial charge on any atom is -0.402 e. The third kappa shape index (κ3) is 0.844. The third-order valence-corrected chi connectivity index (χ3v) is 1.55. The van der Waals surface area contributed by atoms with Gasteiger partial charge in [0.2, 0.25) is 0 Å². The van der Waals surface area contributed by atoms with Crippen LogP contribution in [0.4, 0.5) is 0 Å². The lowest BCUT2D eigenvalue weighted by atomic mass is 10.0. The van der Waals surface area contributed by atoms with Gasteiger partial charge in [0.15, 0.2) is 5.78 Å². The molecule has 54 valence electrons. The SMILES string of the molecule is C=CC1(O)CC(N)=CC1=O. The van der Waals surface area contributed by atoms with Crippen LogP contribution < -0.4 is 5.73 Å². The van der Waals surface area contributed by atoms with Gasteiger partial charge in [-0.05, 0) is 0 Å². The lowest BCUT2D eigenvalue weighted by molar-refractivity contribution is -0.126. The van der Waals surface area contributed by atoms with Crippen molar-refractivity contribution in [3.05, 3.63) is 24.4 Å². The van der Waals surface area contributed by atoms with E-state index >= 15 is 0 Å². The van der Waals surface area contributed by atoms with Crippen LogP contribution >= 0.6 is 0 Å². The van der Waals surface area contributed by atoms with E-state index in [4.69, 9.17) is 5.73 Å². The van der Waals surface area contributed by atoms with E-state index in [1.54, 1.807) is 0 Å². The highest BCUT2D eigenvalue weighted by Gasteiger charge is 2.36. The van der Waals surface area contributed by atoms with E-state index in [0.717, 1.165) is 0 Å². The van der Waals surface area contributed by atoms with E-state index < -0.39 is 5.60 Å². The van der Waals surface area contributed by atoms with Crippen molar-refractivity contribution in [2.45, 2.75) is 12.0 Å². The van der Waals surface area contributed by atoms with E-state index in [2.05, 4.69) is 6.58 Å². The predicted octanol–water partition coefficient (Wildman–Crippen LogP) is -0.281. The number of carbonyl (C=O) groups is 1. The first-order chi connectivity index (χ1) is 4.58. The highest BCUT2D eigenvalue weighted by Crippen LogP contribution is 2.23. The predicted molar refractivity (Wildman–Crippen MR) is 37.0 cm³/mol. The molecule has 3 nitrogen and oxygen atoms in total. The van der Waals surface area contributed by atoms with Crippen molar-refractivity contribution in [3.63, 3.8) is 0 Å². The van der Waals surface area contributed by atoms with Crippen LogP contribution in [0.25, 0.3) is 0 Å². The molecule has 0 fully saturated rings. The number of hydrogen-bond donors (Lipinski definition) is 2. The quantitative estimate of drug-likeness (QED) is 0.491. The Balaban J connectivity index is 2.91. The first-order valence-corrected chi connectivity index (χ1v) is 2.95. The summed E-state index contributed by atoms with van der Waals surface area (Å²) in [7, 11) is 0. The van der Waals surface area contributed by atoms with Gasteiger partial charge in [0.25, 0.3) is 0 Å². The van der Waals surface area contributed by atoms with Crippen molar-refractivity contribution in [1.82, 2.24) is 0 Å². The van der Waals surface area contributed by atoms with Gasteiger partial charge in [-0.3, -0.25) is 4.79 Å². The van der Waals surface area contributed by atoms with Gasteiger partial charge >= 0.3 is 0 Å². The monoisotopic (exact) mass is 139 g/mol. The number of ketones is 1. The van der Waals surface area contributed by atoms with Gasteiger partial charge in [-0.2, -0.15) is 0 Å². The first-order valence-electron chi connectivity index (χ1n) is 2.95. The molecule has 10 heavy (non-hydrogen) atoms. The highest BCUT2D eigenvalue weighted by molar-refractivity contribution is 6.01. The molecule has 1 unspecified atom stereocenters. The van der Waals surface area contributed by atoms with E-state index in [1.807, 2.05) is 0 Å². The topological polar surface area (TPSA) is 63.3 Å². The number of carbonyl (C=O) groups excluding carboxylic acids is 1. The molecular formula is C7H9NO2. The van der Waals surface area contributed by atoms with Crippen LogP contribution in [-0.2, 0) is 4.79 Å². The lowest BCUT2D eigenvalue weighted by Gasteiger charge is -2.13. The summed E-state index contributed by atoms with van der Waals surface area (Å²) in [6, 6.07) is 0. The molecule has 0 aromatic heterocycles. The number of rotatable bonds is 1. The summed E-state index contributed by atoms with van der Waals surface area (Å²) in [5.41, 5.74) is 4.29. The van der Waals surface area contributed by atoms with Gasteiger partial charge in [0.1, 0.15) is 5.60 Å². The molecule has 0 saturated heterocycles. The molecular weight excluding hydrogens is 130 g/mol. The van der Waals surface area contributed by atoms with Gasteiger partial charge in [-0.15, -0.1) is 0 Å². The van der Waals surface area contributed by atoms with Crippen molar-refractivity contribution < 1.29 is 9.90 Å². The van der Waals surface area contributed by atoms with Crippen molar-refractivity contribution in [1.29, 1.82) is 0 Å². The van der Waals surface area contributed by atoms with Gasteiger partial charge in [-0.1, -0.05) is 12.7 Å². The molecule has 1 aliphatic carbocycles. The minimum absolute atomic E-state index is 0.176. The molecule has 0 bridgehead atoms. The van der Waals surface area contributed by atoms with Crippen LogP contribution in [0.3, 0.4) is 0 Å². The van der Waals surface area contributed by atoms with Gasteiger partial charge in [0.05, 0.1) is 0 Å². The Kier molecular flexibility index (Phi) is 1.37. The molecule has 1 rings (SSSR count). The van der Waals surface area contributed by atoms with Crippen LogP contribution in [0.2, 0.25) is 0 Å². The summed E-state index contributed by atoms with van der Waals surface area (Å²) in [5.74, 6) is -0.375. The van der Waals surface area contributed by atoms with E-state index in [0.29, 0.717) is 5.70 Å². The standard InChI is InChI=1S/C7H9NO2/c1-2-7(10)4-5(8)3-6(7)9/h2-3,10H,1,4,8H2. The Morgan fingerprint density at radius 2 is 2.50 bits per heavy atom. The molecule has 0 heterocycles. The van der Waals surface area contributed by atoms with Crippen LogP contribution in [0, 0.1) is 0 Å². The largest absolute Gasteiger partial charge is 0.402 e. The molecule has 3 heteroatoms. The van der Waals surface area contributed by atoms with Crippen LogP contribution in [-0.4, -0.2) is 16.5 Å². The van der Waals surface area contributed by atoms with E-state index in [-0.39, 0.29) is 12.2 Å². The average molecular weight is 139 g/mol. The van der Waals surface area contributed by atoms with Gasteiger partial charge in [0, 0.05) is 18.2 Å². The maximum Gasteiger partial charge on any atom is 0.193 e. The van der Waals surface area contributed by atoms with Crippen LogP contribution in [0.1, 0.15) is 6.42 Å². The Labute approximate surface area is 58.8 Å². The molecule has 0 aliphatic heterocycles. The fourth-order valence-corrected chi connectivity index (χ4v) is 0.915. The molecule has 3 N–H and O–H groups in total. The first kappa shape index (κ1) is 7.02. The zero-order valence-corrected chi connectivity index (χ0v) is 5.50. The lowest BCUT2D eigenvalue weighted by Crippen LogP contribution is -2.31. The Morgan fingerprint density at radius 3 is 2.70 bits per heavy atom. The van der Waals surface area contributed by atoms with Crippen molar-refractivity contribution >= 4 is 5.78 Å². The Hall–Kier alpha value is -1.09. The van der Waals surface area contributed by atoms with E-state index in [1.165, 1.54) is 12.2 Å². The second-order valence-corrected chi connectivity index (χ2v) is 2.39. The molecule has 1 aliphatic rings. The fraction of sp³-hybridized carbons (Fsp3) is 0.286. The summed E-state index contributed by atoms with van der Waals surface area (Å²) < 4.78 is 0. The molecule has 0 aromatic carbocycles. The van der Waals surface area contributed by atoms with Gasteiger partial charge in [-0.25, -0.2) is 0 Å². The molecule has 0 saturated carbocycles. The summed E-state index contributed by atoms with van der Waals surface area (Å²) in [4.78, 5) is 10.9. The zero-order chi connectivity index (χ0) is 7.78. The molecule has 1 atom stereocenters. The van der Waals surface area contributed by atoms with Crippen molar-refractivity contribution in [2.24, 2.45) is 5.73 Å².